The fourth-order valence-electron chi connectivity index (χ4n) is 3.17. The minimum absolute atomic E-state index is 0.331. The van der Waals surface area contributed by atoms with Gasteiger partial charge < -0.3 is 4.74 Å². The molecule has 1 heterocycles. The third-order valence-corrected chi connectivity index (χ3v) is 4.53. The molecule has 0 N–H and O–H groups in total. The molecule has 0 bridgehead atoms. The Morgan fingerprint density at radius 2 is 1.92 bits per heavy atom. The first-order valence-corrected chi connectivity index (χ1v) is 8.74. The van der Waals surface area contributed by atoms with E-state index in [4.69, 9.17) is 16.3 Å². The van der Waals surface area contributed by atoms with Crippen LogP contribution in [0.1, 0.15) is 34.0 Å². The van der Waals surface area contributed by atoms with Crippen LogP contribution in [0.4, 0.5) is 0 Å². The first kappa shape index (κ1) is 18.2. The first-order valence-electron chi connectivity index (χ1n) is 8.36. The summed E-state index contributed by atoms with van der Waals surface area (Å²) in [6.45, 7) is 5.97. The van der Waals surface area contributed by atoms with E-state index in [1.807, 2.05) is 37.3 Å². The molecule has 4 heteroatoms. The second kappa shape index (κ2) is 7.71. The van der Waals surface area contributed by atoms with Gasteiger partial charge in [-0.3, -0.25) is 0 Å². The molecule has 0 atom stereocenters. The Hall–Kier alpha value is -2.65. The molecule has 0 aliphatic rings. The van der Waals surface area contributed by atoms with Gasteiger partial charge in [-0.25, -0.2) is 9.78 Å². The summed E-state index contributed by atoms with van der Waals surface area (Å²) >= 11 is 5.88. The van der Waals surface area contributed by atoms with Crippen molar-refractivity contribution in [3.05, 3.63) is 88.2 Å². The van der Waals surface area contributed by atoms with Crippen LogP contribution < -0.4 is 0 Å². The Morgan fingerprint density at radius 3 is 2.54 bits per heavy atom. The van der Waals surface area contributed by atoms with Crippen LogP contribution in [-0.4, -0.2) is 18.1 Å². The van der Waals surface area contributed by atoms with Crippen LogP contribution in [0.5, 0.6) is 0 Å². The summed E-state index contributed by atoms with van der Waals surface area (Å²) in [5.41, 5.74) is 4.62. The normalized spacial score (nSPS) is 10.7. The van der Waals surface area contributed by atoms with E-state index in [1.165, 1.54) is 7.11 Å². The minimum atomic E-state index is -0.331. The number of ether oxygens (including phenoxy) is 1. The molecule has 0 saturated carbocycles. The second-order valence-corrected chi connectivity index (χ2v) is 6.79. The van der Waals surface area contributed by atoms with Gasteiger partial charge in [0.05, 0.1) is 12.7 Å². The average Bonchev–Trinajstić information content (AvgIpc) is 2.64. The second-order valence-electron chi connectivity index (χ2n) is 6.40. The molecule has 132 valence electrons. The number of allylic oxidation sites excluding steroid dienone is 1. The van der Waals surface area contributed by atoms with Gasteiger partial charge in [0.25, 0.3) is 0 Å². The molecule has 3 nitrogen and oxygen atoms in total. The number of rotatable bonds is 5. The van der Waals surface area contributed by atoms with Crippen molar-refractivity contribution in [2.75, 3.05) is 7.11 Å². The maximum atomic E-state index is 12.4. The topological polar surface area (TPSA) is 39.2 Å². The Kier molecular flexibility index (Phi) is 5.38. The molecule has 1 aromatic heterocycles. The highest BCUT2D eigenvalue weighted by Crippen LogP contribution is 2.30. The molecule has 0 unspecified atom stereocenters. The molecule has 0 aliphatic carbocycles. The lowest BCUT2D eigenvalue weighted by atomic mass is 9.89. The van der Waals surface area contributed by atoms with Crippen LogP contribution >= 0.6 is 11.6 Å². The van der Waals surface area contributed by atoms with Gasteiger partial charge in [-0.05, 0) is 59.4 Å². The molecular weight excluding hydrogens is 346 g/mol. The fourth-order valence-corrected chi connectivity index (χ4v) is 3.28. The number of carbonyl (C=O) groups is 1. The van der Waals surface area contributed by atoms with Gasteiger partial charge in [-0.15, -0.1) is 0 Å². The molecule has 0 spiro atoms. The minimum Gasteiger partial charge on any atom is -0.465 e. The van der Waals surface area contributed by atoms with Crippen molar-refractivity contribution in [3.8, 4) is 0 Å². The van der Waals surface area contributed by atoms with Gasteiger partial charge in [-0.2, -0.15) is 0 Å². The first-order chi connectivity index (χ1) is 12.5. The highest BCUT2D eigenvalue weighted by Gasteiger charge is 2.18. The zero-order valence-electron chi connectivity index (χ0n) is 14.9. The smallest absolute Gasteiger partial charge is 0.338 e. The standard InChI is InChI=1S/C22H20ClNO2/c1-14(2)10-19-18-7-5-4-6-17(18)16(12-20(19)22(25)26-3)11-15-8-9-21(23)24-13-15/h4-9,12-13H,1,10-11H2,2-3H3. The number of methoxy groups -OCH3 is 1. The number of hydrogen-bond acceptors (Lipinski definition) is 3. The van der Waals surface area contributed by atoms with Gasteiger partial charge >= 0.3 is 5.97 Å². The molecular formula is C22H20ClNO2. The molecule has 0 aliphatic heterocycles. The van der Waals surface area contributed by atoms with Gasteiger partial charge in [0.2, 0.25) is 0 Å². The van der Waals surface area contributed by atoms with E-state index >= 15 is 0 Å². The summed E-state index contributed by atoms with van der Waals surface area (Å²) in [4.78, 5) is 16.6. The number of carbonyl (C=O) groups excluding carboxylic acids is 1. The zero-order chi connectivity index (χ0) is 18.7. The number of hydrogen-bond donors (Lipinski definition) is 0. The lowest BCUT2D eigenvalue weighted by Gasteiger charge is -2.16. The Morgan fingerprint density at radius 1 is 1.19 bits per heavy atom. The maximum absolute atomic E-state index is 12.4. The van der Waals surface area contributed by atoms with Crippen molar-refractivity contribution < 1.29 is 9.53 Å². The zero-order valence-corrected chi connectivity index (χ0v) is 15.6. The summed E-state index contributed by atoms with van der Waals surface area (Å²) < 4.78 is 5.03. The number of benzene rings is 2. The molecule has 2 aromatic carbocycles. The van der Waals surface area contributed by atoms with Crippen molar-refractivity contribution in [2.45, 2.75) is 19.8 Å². The SMILES string of the molecule is C=C(C)Cc1c(C(=O)OC)cc(Cc2ccc(Cl)nc2)c2ccccc12. The molecule has 26 heavy (non-hydrogen) atoms. The largest absolute Gasteiger partial charge is 0.465 e. The maximum Gasteiger partial charge on any atom is 0.338 e. The number of aromatic nitrogens is 1. The van der Waals surface area contributed by atoms with E-state index < -0.39 is 0 Å². The van der Waals surface area contributed by atoms with Crippen LogP contribution in [-0.2, 0) is 17.6 Å². The van der Waals surface area contributed by atoms with E-state index in [0.29, 0.717) is 23.6 Å². The molecule has 0 saturated heterocycles. The summed E-state index contributed by atoms with van der Waals surface area (Å²) in [7, 11) is 1.41. The monoisotopic (exact) mass is 365 g/mol. The Bertz CT molecular complexity index is 977. The van der Waals surface area contributed by atoms with E-state index in [9.17, 15) is 4.79 Å². The molecule has 3 rings (SSSR count). The average molecular weight is 366 g/mol. The number of esters is 1. The lowest BCUT2D eigenvalue weighted by molar-refractivity contribution is 0.0599. The third-order valence-electron chi connectivity index (χ3n) is 4.31. The number of fused-ring (bicyclic) bond motifs is 1. The predicted octanol–water partition coefficient (Wildman–Crippen LogP) is 5.38. The van der Waals surface area contributed by atoms with Crippen LogP contribution in [0.3, 0.4) is 0 Å². The van der Waals surface area contributed by atoms with Crippen LogP contribution in [0.2, 0.25) is 5.15 Å². The van der Waals surface area contributed by atoms with E-state index in [1.54, 1.807) is 12.3 Å². The van der Waals surface area contributed by atoms with Crippen LogP contribution in [0.15, 0.2) is 60.8 Å². The van der Waals surface area contributed by atoms with E-state index in [2.05, 4.69) is 17.6 Å². The summed E-state index contributed by atoms with van der Waals surface area (Å²) in [5.74, 6) is -0.331. The van der Waals surface area contributed by atoms with Gasteiger partial charge in [0, 0.05) is 6.20 Å². The van der Waals surface area contributed by atoms with E-state index in [-0.39, 0.29) is 5.97 Å². The van der Waals surface area contributed by atoms with Crippen molar-refractivity contribution in [1.82, 2.24) is 4.98 Å². The number of pyridine rings is 1. The summed E-state index contributed by atoms with van der Waals surface area (Å²) in [6, 6.07) is 13.8. The van der Waals surface area contributed by atoms with Crippen molar-refractivity contribution in [2.24, 2.45) is 0 Å². The Labute approximate surface area is 158 Å². The summed E-state index contributed by atoms with van der Waals surface area (Å²) in [5, 5.41) is 2.63. The molecule has 0 fully saturated rings. The number of halogens is 1. The quantitative estimate of drug-likeness (QED) is 0.346. The Balaban J connectivity index is 2.21. The van der Waals surface area contributed by atoms with Gasteiger partial charge in [0.1, 0.15) is 5.15 Å². The number of nitrogens with zero attached hydrogens (tertiary/aromatic N) is 1. The van der Waals surface area contributed by atoms with Crippen molar-refractivity contribution in [1.29, 1.82) is 0 Å². The molecule has 3 aromatic rings. The van der Waals surface area contributed by atoms with E-state index in [0.717, 1.165) is 33.0 Å². The van der Waals surface area contributed by atoms with Crippen LogP contribution in [0.25, 0.3) is 10.8 Å². The highest BCUT2D eigenvalue weighted by atomic mass is 35.5. The van der Waals surface area contributed by atoms with Crippen LogP contribution in [0, 0.1) is 0 Å². The summed E-state index contributed by atoms with van der Waals surface area (Å²) in [6.07, 6.45) is 3.05. The van der Waals surface area contributed by atoms with Gasteiger partial charge in [-0.1, -0.05) is 54.1 Å². The fraction of sp³-hybridized carbons (Fsp3) is 0.182. The van der Waals surface area contributed by atoms with Gasteiger partial charge in [0.15, 0.2) is 0 Å². The highest BCUT2D eigenvalue weighted by molar-refractivity contribution is 6.29. The van der Waals surface area contributed by atoms with Crippen molar-refractivity contribution in [3.63, 3.8) is 0 Å². The third kappa shape index (κ3) is 3.78. The lowest BCUT2D eigenvalue weighted by Crippen LogP contribution is -2.09. The predicted molar refractivity (Wildman–Crippen MR) is 106 cm³/mol. The molecule has 0 amide bonds. The van der Waals surface area contributed by atoms with Crippen molar-refractivity contribution >= 4 is 28.3 Å². The molecule has 0 radical (unpaired) electrons.